The zero-order chi connectivity index (χ0) is 16.8. The molecule has 0 radical (unpaired) electrons. The van der Waals surface area contributed by atoms with Crippen LogP contribution in [-0.4, -0.2) is 31.2 Å². The standard InChI is InChI=1S/C17H20N2O4/c1-19-11-16(23-3)14(20)10-13(19)17(21)18-9-8-12-6-4-5-7-15(12)22-2/h4-7,10-11H,8-9H2,1-3H3,(H,18,21). The lowest BCUT2D eigenvalue weighted by molar-refractivity contribution is 0.0945. The molecule has 1 N–H and O–H groups in total. The molecule has 0 saturated heterocycles. The number of rotatable bonds is 6. The largest absolute Gasteiger partial charge is 0.496 e. The van der Waals surface area contributed by atoms with Crippen molar-refractivity contribution in [3.63, 3.8) is 0 Å². The predicted octanol–water partition coefficient (Wildman–Crippen LogP) is 1.37. The van der Waals surface area contributed by atoms with E-state index in [2.05, 4.69) is 5.32 Å². The van der Waals surface area contributed by atoms with Crippen LogP contribution >= 0.6 is 0 Å². The number of amides is 1. The number of nitrogens with zero attached hydrogens (tertiary/aromatic N) is 1. The van der Waals surface area contributed by atoms with Crippen LogP contribution in [0.3, 0.4) is 0 Å². The number of aryl methyl sites for hydroxylation is 1. The highest BCUT2D eigenvalue weighted by atomic mass is 16.5. The van der Waals surface area contributed by atoms with Gasteiger partial charge in [-0.05, 0) is 18.1 Å². The molecule has 0 fully saturated rings. The number of aromatic nitrogens is 1. The Kier molecular flexibility index (Phi) is 5.41. The van der Waals surface area contributed by atoms with Gasteiger partial charge in [0.05, 0.1) is 20.4 Å². The second-order valence-electron chi connectivity index (χ2n) is 5.02. The van der Waals surface area contributed by atoms with Gasteiger partial charge in [0.25, 0.3) is 5.91 Å². The fourth-order valence-electron chi connectivity index (χ4n) is 2.30. The van der Waals surface area contributed by atoms with Crippen molar-refractivity contribution in [2.45, 2.75) is 6.42 Å². The van der Waals surface area contributed by atoms with Gasteiger partial charge in [0.15, 0.2) is 5.75 Å². The minimum Gasteiger partial charge on any atom is -0.496 e. The van der Waals surface area contributed by atoms with Crippen molar-refractivity contribution < 1.29 is 14.3 Å². The summed E-state index contributed by atoms with van der Waals surface area (Å²) in [4.78, 5) is 24.0. The number of carbonyl (C=O) groups is 1. The van der Waals surface area contributed by atoms with Crippen LogP contribution in [0.4, 0.5) is 0 Å². The monoisotopic (exact) mass is 316 g/mol. The lowest BCUT2D eigenvalue weighted by Crippen LogP contribution is -2.29. The number of hydrogen-bond donors (Lipinski definition) is 1. The van der Waals surface area contributed by atoms with Gasteiger partial charge in [-0.3, -0.25) is 9.59 Å². The number of ether oxygens (including phenoxy) is 2. The molecule has 0 saturated carbocycles. The van der Waals surface area contributed by atoms with Gasteiger partial charge >= 0.3 is 0 Å². The van der Waals surface area contributed by atoms with E-state index in [0.29, 0.717) is 13.0 Å². The Bertz CT molecular complexity index is 752. The van der Waals surface area contributed by atoms with Crippen LogP contribution in [0.5, 0.6) is 11.5 Å². The summed E-state index contributed by atoms with van der Waals surface area (Å²) in [6.45, 7) is 0.444. The van der Waals surface area contributed by atoms with E-state index in [1.807, 2.05) is 24.3 Å². The molecule has 0 aliphatic heterocycles. The number of benzene rings is 1. The number of pyridine rings is 1. The maximum atomic E-state index is 12.2. The maximum Gasteiger partial charge on any atom is 0.268 e. The van der Waals surface area contributed by atoms with E-state index in [0.717, 1.165) is 11.3 Å². The molecule has 0 aliphatic carbocycles. The third-order valence-corrected chi connectivity index (χ3v) is 3.53. The summed E-state index contributed by atoms with van der Waals surface area (Å²) in [5, 5.41) is 2.81. The zero-order valence-corrected chi connectivity index (χ0v) is 13.5. The maximum absolute atomic E-state index is 12.2. The highest BCUT2D eigenvalue weighted by Gasteiger charge is 2.12. The lowest BCUT2D eigenvalue weighted by atomic mass is 10.1. The van der Waals surface area contributed by atoms with Crippen LogP contribution < -0.4 is 20.2 Å². The predicted molar refractivity (Wildman–Crippen MR) is 87.3 cm³/mol. The Morgan fingerprint density at radius 3 is 2.57 bits per heavy atom. The number of methoxy groups -OCH3 is 2. The van der Waals surface area contributed by atoms with Crippen LogP contribution in [-0.2, 0) is 13.5 Å². The third kappa shape index (κ3) is 3.91. The molecule has 1 aromatic heterocycles. The minimum absolute atomic E-state index is 0.207. The van der Waals surface area contributed by atoms with Crippen molar-refractivity contribution in [3.05, 3.63) is 58.0 Å². The van der Waals surface area contributed by atoms with Gasteiger partial charge in [-0.15, -0.1) is 0 Å². The molecule has 6 nitrogen and oxygen atoms in total. The third-order valence-electron chi connectivity index (χ3n) is 3.53. The Morgan fingerprint density at radius 2 is 1.87 bits per heavy atom. The van der Waals surface area contributed by atoms with Gasteiger partial charge in [-0.25, -0.2) is 0 Å². The molecule has 1 amide bonds. The van der Waals surface area contributed by atoms with E-state index in [-0.39, 0.29) is 22.8 Å². The second kappa shape index (κ2) is 7.49. The minimum atomic E-state index is -0.319. The van der Waals surface area contributed by atoms with Crippen LogP contribution in [0.25, 0.3) is 0 Å². The Labute approximate surface area is 134 Å². The van der Waals surface area contributed by atoms with E-state index in [9.17, 15) is 9.59 Å². The van der Waals surface area contributed by atoms with Crippen LogP contribution in [0, 0.1) is 0 Å². The van der Waals surface area contributed by atoms with E-state index < -0.39 is 0 Å². The summed E-state index contributed by atoms with van der Waals surface area (Å²) >= 11 is 0. The molecule has 0 unspecified atom stereocenters. The Hall–Kier alpha value is -2.76. The quantitative estimate of drug-likeness (QED) is 0.874. The number of para-hydroxylation sites is 1. The average Bonchev–Trinajstić information content (AvgIpc) is 2.56. The molecule has 2 rings (SSSR count). The van der Waals surface area contributed by atoms with Crippen LogP contribution in [0.15, 0.2) is 41.3 Å². The summed E-state index contributed by atoms with van der Waals surface area (Å²) in [7, 11) is 4.73. The first kappa shape index (κ1) is 16.6. The number of hydrogen-bond acceptors (Lipinski definition) is 4. The molecule has 0 aliphatic rings. The van der Waals surface area contributed by atoms with E-state index in [1.54, 1.807) is 18.7 Å². The van der Waals surface area contributed by atoms with Crippen LogP contribution in [0.2, 0.25) is 0 Å². The van der Waals surface area contributed by atoms with Crippen molar-refractivity contribution in [3.8, 4) is 11.5 Å². The molecule has 0 spiro atoms. The zero-order valence-electron chi connectivity index (χ0n) is 13.5. The first-order valence-corrected chi connectivity index (χ1v) is 7.21. The first-order chi connectivity index (χ1) is 11.1. The van der Waals surface area contributed by atoms with Gasteiger partial charge in [0.2, 0.25) is 5.43 Å². The molecular weight excluding hydrogens is 296 g/mol. The van der Waals surface area contributed by atoms with Crippen molar-refractivity contribution in [1.29, 1.82) is 0 Å². The molecule has 0 atom stereocenters. The Balaban J connectivity index is 2.03. The molecule has 122 valence electrons. The van der Waals surface area contributed by atoms with Gasteiger partial charge < -0.3 is 19.4 Å². The number of nitrogens with one attached hydrogen (secondary N) is 1. The fraction of sp³-hybridized carbons (Fsp3) is 0.294. The van der Waals surface area contributed by atoms with Crippen molar-refractivity contribution in [2.24, 2.45) is 7.05 Å². The molecule has 6 heteroatoms. The summed E-state index contributed by atoms with van der Waals surface area (Å²) in [5.74, 6) is 0.693. The molecule has 1 heterocycles. The van der Waals surface area contributed by atoms with Gasteiger partial charge in [-0.1, -0.05) is 18.2 Å². The van der Waals surface area contributed by atoms with Gasteiger partial charge in [-0.2, -0.15) is 0 Å². The smallest absolute Gasteiger partial charge is 0.268 e. The summed E-state index contributed by atoms with van der Waals surface area (Å²) in [6.07, 6.45) is 2.14. The SMILES string of the molecule is COc1ccccc1CCNC(=O)c1cc(=O)c(OC)cn1C. The average molecular weight is 316 g/mol. The van der Waals surface area contributed by atoms with Crippen LogP contribution in [0.1, 0.15) is 16.1 Å². The van der Waals surface area contributed by atoms with Crippen molar-refractivity contribution in [2.75, 3.05) is 20.8 Å². The Morgan fingerprint density at radius 1 is 1.17 bits per heavy atom. The highest BCUT2D eigenvalue weighted by molar-refractivity contribution is 5.92. The molecular formula is C17H20N2O4. The molecule has 1 aromatic carbocycles. The van der Waals surface area contributed by atoms with E-state index >= 15 is 0 Å². The van der Waals surface area contributed by atoms with E-state index in [1.165, 1.54) is 19.4 Å². The lowest BCUT2D eigenvalue weighted by Gasteiger charge is -2.11. The fourth-order valence-corrected chi connectivity index (χ4v) is 2.30. The van der Waals surface area contributed by atoms with Crippen molar-refractivity contribution in [1.82, 2.24) is 9.88 Å². The molecule has 23 heavy (non-hydrogen) atoms. The van der Waals surface area contributed by atoms with Gasteiger partial charge in [0, 0.05) is 19.7 Å². The second-order valence-corrected chi connectivity index (χ2v) is 5.02. The summed E-state index contributed by atoms with van der Waals surface area (Å²) < 4.78 is 11.8. The van der Waals surface area contributed by atoms with E-state index in [4.69, 9.17) is 9.47 Å². The summed E-state index contributed by atoms with van der Waals surface area (Å²) in [5.41, 5.74) is 0.982. The van der Waals surface area contributed by atoms with Crippen molar-refractivity contribution >= 4 is 5.91 Å². The highest BCUT2D eigenvalue weighted by Crippen LogP contribution is 2.17. The van der Waals surface area contributed by atoms with Gasteiger partial charge in [0.1, 0.15) is 11.4 Å². The topological polar surface area (TPSA) is 69.6 Å². The number of carbonyl (C=O) groups excluding carboxylic acids is 1. The summed E-state index contributed by atoms with van der Waals surface area (Å²) in [6, 6.07) is 8.93. The normalized spacial score (nSPS) is 10.2. The first-order valence-electron chi connectivity index (χ1n) is 7.21. The molecule has 2 aromatic rings. The molecule has 0 bridgehead atoms.